The van der Waals surface area contributed by atoms with E-state index in [9.17, 15) is 4.79 Å². The molecule has 0 unspecified atom stereocenters. The van der Waals surface area contributed by atoms with Crippen LogP contribution in [0.15, 0.2) is 12.2 Å². The second kappa shape index (κ2) is 9.30. The maximum absolute atomic E-state index is 10.9. The summed E-state index contributed by atoms with van der Waals surface area (Å²) < 4.78 is 4.96. The first-order valence-electron chi connectivity index (χ1n) is 5.14. The molecule has 0 N–H and O–H groups in total. The number of unbranched alkanes of at least 4 members (excludes halogenated alkanes) is 3. The molecule has 0 fully saturated rings. The number of rotatable bonds is 7. The number of carbonyl (C=O) groups excluding carboxylic acids is 1. The topological polar surface area (TPSA) is 26.3 Å². The van der Waals surface area contributed by atoms with Gasteiger partial charge in [0.1, 0.15) is 0 Å². The number of carbonyl (C=O) groups is 1. The van der Waals surface area contributed by atoms with E-state index in [0.29, 0.717) is 6.61 Å². The van der Waals surface area contributed by atoms with Gasteiger partial charge >= 0.3 is 5.97 Å². The molecule has 0 saturated heterocycles. The lowest BCUT2D eigenvalue weighted by molar-refractivity contribution is -0.137. The summed E-state index contributed by atoms with van der Waals surface area (Å²) in [6.07, 6.45) is 8.77. The van der Waals surface area contributed by atoms with Crippen LogP contribution >= 0.6 is 0 Å². The predicted octanol–water partition coefficient (Wildman–Crippen LogP) is 3.08. The lowest BCUT2D eigenvalue weighted by Crippen LogP contribution is -2.01. The van der Waals surface area contributed by atoms with Gasteiger partial charge < -0.3 is 4.74 Å². The van der Waals surface area contributed by atoms with Crippen LogP contribution in [0.5, 0.6) is 0 Å². The molecule has 0 aromatic rings. The lowest BCUT2D eigenvalue weighted by Gasteiger charge is -2.00. The van der Waals surface area contributed by atoms with Crippen LogP contribution in [0.2, 0.25) is 0 Å². The molecule has 0 heterocycles. The summed E-state index contributed by atoms with van der Waals surface area (Å²) in [5.41, 5.74) is 0. The molecule has 0 radical (unpaired) electrons. The Kier molecular flexibility index (Phi) is 8.73. The van der Waals surface area contributed by atoms with Crippen molar-refractivity contribution in [3.05, 3.63) is 12.2 Å². The molecule has 0 aromatic carbocycles. The highest BCUT2D eigenvalue weighted by Gasteiger charge is 1.94. The fourth-order valence-electron chi connectivity index (χ4n) is 0.964. The molecule has 0 aliphatic carbocycles. The summed E-state index contributed by atoms with van der Waals surface area (Å²) in [7, 11) is 0. The SMILES string of the molecule is CC/C=C/C(=O)OCCCCCC. The molecule has 0 amide bonds. The van der Waals surface area contributed by atoms with E-state index in [2.05, 4.69) is 6.92 Å². The molecule has 0 spiro atoms. The second-order valence-electron chi connectivity index (χ2n) is 3.04. The van der Waals surface area contributed by atoms with Crippen molar-refractivity contribution < 1.29 is 9.53 Å². The van der Waals surface area contributed by atoms with Crippen molar-refractivity contribution in [1.82, 2.24) is 0 Å². The average molecular weight is 184 g/mol. The summed E-state index contributed by atoms with van der Waals surface area (Å²) in [6.45, 7) is 4.72. The Morgan fingerprint density at radius 3 is 2.62 bits per heavy atom. The minimum atomic E-state index is -0.210. The monoisotopic (exact) mass is 184 g/mol. The van der Waals surface area contributed by atoms with Crippen LogP contribution in [0.25, 0.3) is 0 Å². The lowest BCUT2D eigenvalue weighted by atomic mass is 10.2. The van der Waals surface area contributed by atoms with Gasteiger partial charge in [0.25, 0.3) is 0 Å². The zero-order valence-electron chi connectivity index (χ0n) is 8.71. The van der Waals surface area contributed by atoms with E-state index in [-0.39, 0.29) is 5.97 Å². The normalized spacial score (nSPS) is 10.6. The molecular formula is C11H20O2. The minimum absolute atomic E-state index is 0.210. The third kappa shape index (κ3) is 9.12. The van der Waals surface area contributed by atoms with E-state index in [4.69, 9.17) is 4.74 Å². The van der Waals surface area contributed by atoms with Crippen molar-refractivity contribution in [2.24, 2.45) is 0 Å². The molecule has 76 valence electrons. The number of hydrogen-bond donors (Lipinski definition) is 0. The van der Waals surface area contributed by atoms with Gasteiger partial charge in [0.05, 0.1) is 6.61 Å². The Hall–Kier alpha value is -0.790. The maximum Gasteiger partial charge on any atom is 0.330 e. The predicted molar refractivity (Wildman–Crippen MR) is 54.5 cm³/mol. The molecule has 0 aliphatic heterocycles. The van der Waals surface area contributed by atoms with Gasteiger partial charge in [-0.1, -0.05) is 39.2 Å². The first-order chi connectivity index (χ1) is 6.31. The fourth-order valence-corrected chi connectivity index (χ4v) is 0.964. The molecule has 2 nitrogen and oxygen atoms in total. The molecule has 0 aromatic heterocycles. The highest BCUT2D eigenvalue weighted by atomic mass is 16.5. The molecular weight excluding hydrogens is 164 g/mol. The molecule has 2 heteroatoms. The highest BCUT2D eigenvalue weighted by Crippen LogP contribution is 1.99. The Labute approximate surface area is 81.0 Å². The van der Waals surface area contributed by atoms with Gasteiger partial charge in [-0.15, -0.1) is 0 Å². The van der Waals surface area contributed by atoms with Gasteiger partial charge in [0, 0.05) is 6.08 Å². The van der Waals surface area contributed by atoms with E-state index in [1.165, 1.54) is 18.9 Å². The van der Waals surface area contributed by atoms with Crippen LogP contribution in [0, 0.1) is 0 Å². The first kappa shape index (κ1) is 12.2. The molecule has 0 rings (SSSR count). The summed E-state index contributed by atoms with van der Waals surface area (Å²) in [5.74, 6) is -0.210. The Morgan fingerprint density at radius 2 is 2.00 bits per heavy atom. The number of allylic oxidation sites excluding steroid dienone is 1. The zero-order valence-corrected chi connectivity index (χ0v) is 8.71. The summed E-state index contributed by atoms with van der Waals surface area (Å²) in [6, 6.07) is 0. The van der Waals surface area contributed by atoms with Crippen molar-refractivity contribution in [3.8, 4) is 0 Å². The van der Waals surface area contributed by atoms with Gasteiger partial charge in [0.15, 0.2) is 0 Å². The number of ether oxygens (including phenoxy) is 1. The van der Waals surface area contributed by atoms with E-state index >= 15 is 0 Å². The van der Waals surface area contributed by atoms with E-state index < -0.39 is 0 Å². The van der Waals surface area contributed by atoms with Crippen LogP contribution in [-0.4, -0.2) is 12.6 Å². The van der Waals surface area contributed by atoms with Crippen molar-refractivity contribution in [2.45, 2.75) is 46.0 Å². The number of esters is 1. The van der Waals surface area contributed by atoms with E-state index in [1.807, 2.05) is 13.0 Å². The number of hydrogen-bond acceptors (Lipinski definition) is 2. The van der Waals surface area contributed by atoms with Crippen LogP contribution < -0.4 is 0 Å². The minimum Gasteiger partial charge on any atom is -0.463 e. The van der Waals surface area contributed by atoms with Crippen molar-refractivity contribution in [3.63, 3.8) is 0 Å². The van der Waals surface area contributed by atoms with Crippen molar-refractivity contribution >= 4 is 5.97 Å². The van der Waals surface area contributed by atoms with Crippen LogP contribution in [0.1, 0.15) is 46.0 Å². The first-order valence-corrected chi connectivity index (χ1v) is 5.14. The van der Waals surface area contributed by atoms with E-state index in [1.54, 1.807) is 0 Å². The molecule has 0 aliphatic rings. The van der Waals surface area contributed by atoms with Gasteiger partial charge in [0.2, 0.25) is 0 Å². The van der Waals surface area contributed by atoms with Crippen LogP contribution in [0.3, 0.4) is 0 Å². The third-order valence-electron chi connectivity index (χ3n) is 1.73. The molecule has 0 saturated carbocycles. The molecule has 13 heavy (non-hydrogen) atoms. The summed E-state index contributed by atoms with van der Waals surface area (Å²) >= 11 is 0. The fraction of sp³-hybridized carbons (Fsp3) is 0.727. The highest BCUT2D eigenvalue weighted by molar-refractivity contribution is 5.81. The van der Waals surface area contributed by atoms with Gasteiger partial charge in [-0.3, -0.25) is 0 Å². The zero-order chi connectivity index (χ0) is 9.94. The Morgan fingerprint density at radius 1 is 1.23 bits per heavy atom. The Bertz CT molecular complexity index is 150. The second-order valence-corrected chi connectivity index (χ2v) is 3.04. The maximum atomic E-state index is 10.9. The summed E-state index contributed by atoms with van der Waals surface area (Å²) in [4.78, 5) is 10.9. The Balaban J connectivity index is 3.22. The standard InChI is InChI=1S/C11H20O2/c1-3-5-7-8-10-13-11(12)9-6-4-2/h6,9H,3-5,7-8,10H2,1-2H3/b9-6+. The smallest absolute Gasteiger partial charge is 0.330 e. The summed E-state index contributed by atoms with van der Waals surface area (Å²) in [5, 5.41) is 0. The van der Waals surface area contributed by atoms with Gasteiger partial charge in [-0.2, -0.15) is 0 Å². The van der Waals surface area contributed by atoms with E-state index in [0.717, 1.165) is 19.3 Å². The van der Waals surface area contributed by atoms with Crippen LogP contribution in [0.4, 0.5) is 0 Å². The molecule has 0 bridgehead atoms. The molecule has 0 atom stereocenters. The van der Waals surface area contributed by atoms with Gasteiger partial charge in [-0.25, -0.2) is 4.79 Å². The largest absolute Gasteiger partial charge is 0.463 e. The quantitative estimate of drug-likeness (QED) is 0.345. The third-order valence-corrected chi connectivity index (χ3v) is 1.73. The van der Waals surface area contributed by atoms with Crippen LogP contribution in [-0.2, 0) is 9.53 Å². The van der Waals surface area contributed by atoms with Crippen molar-refractivity contribution in [1.29, 1.82) is 0 Å². The average Bonchev–Trinajstić information content (AvgIpc) is 2.14. The van der Waals surface area contributed by atoms with Gasteiger partial charge in [-0.05, 0) is 12.8 Å². The van der Waals surface area contributed by atoms with Crippen molar-refractivity contribution in [2.75, 3.05) is 6.61 Å².